The molecule has 0 saturated carbocycles. The third kappa shape index (κ3) is 2.43. The van der Waals surface area contributed by atoms with Gasteiger partial charge in [-0.05, 0) is 31.2 Å². The van der Waals surface area contributed by atoms with E-state index >= 15 is 0 Å². The van der Waals surface area contributed by atoms with E-state index in [1.807, 2.05) is 20.0 Å². The van der Waals surface area contributed by atoms with Crippen LogP contribution in [-0.4, -0.2) is 9.78 Å². The molecule has 4 nitrogen and oxygen atoms in total. The van der Waals surface area contributed by atoms with Gasteiger partial charge in [0.15, 0.2) is 0 Å². The fourth-order valence-corrected chi connectivity index (χ4v) is 2.49. The molecule has 2 N–H and O–H groups in total. The van der Waals surface area contributed by atoms with Crippen LogP contribution in [-0.2, 0) is 7.05 Å². The molecule has 0 saturated heterocycles. The maximum atomic E-state index is 8.86. The molecule has 0 aliphatic rings. The second-order valence-electron chi connectivity index (χ2n) is 3.71. The lowest BCUT2D eigenvalue weighted by Crippen LogP contribution is -1.94. The molecule has 0 atom stereocenters. The average Bonchev–Trinajstić information content (AvgIpc) is 2.60. The molecule has 0 unspecified atom stereocenters. The molecule has 1 aromatic carbocycles. The molecule has 2 aromatic rings. The highest BCUT2D eigenvalue weighted by molar-refractivity contribution is 7.99. The summed E-state index contributed by atoms with van der Waals surface area (Å²) >= 11 is 1.52. The van der Waals surface area contributed by atoms with Gasteiger partial charge in [0.25, 0.3) is 0 Å². The van der Waals surface area contributed by atoms with Gasteiger partial charge in [-0.15, -0.1) is 0 Å². The Hall–Kier alpha value is -1.93. The Labute approximate surface area is 104 Å². The van der Waals surface area contributed by atoms with E-state index in [4.69, 9.17) is 11.0 Å². The van der Waals surface area contributed by atoms with Crippen LogP contribution in [0, 0.1) is 18.3 Å². The van der Waals surface area contributed by atoms with Gasteiger partial charge < -0.3 is 5.73 Å². The number of nitrogens with two attached hydrogens (primary N) is 1. The van der Waals surface area contributed by atoms with Crippen molar-refractivity contribution in [1.82, 2.24) is 9.78 Å². The van der Waals surface area contributed by atoms with Crippen LogP contribution in [0.2, 0.25) is 0 Å². The Morgan fingerprint density at radius 1 is 1.41 bits per heavy atom. The standard InChI is InChI=1S/C12H12N4S/c1-8-5-12(16(2)15-8)17-11-6-9(7-13)3-4-10(11)14/h3-6H,14H2,1-2H3. The van der Waals surface area contributed by atoms with Gasteiger partial charge in [0, 0.05) is 17.6 Å². The lowest BCUT2D eigenvalue weighted by atomic mass is 10.2. The molecule has 0 bridgehead atoms. The summed E-state index contributed by atoms with van der Waals surface area (Å²) in [6, 6.07) is 9.36. The number of rotatable bonds is 2. The van der Waals surface area contributed by atoms with Crippen molar-refractivity contribution in [2.24, 2.45) is 7.05 Å². The Balaban J connectivity index is 2.36. The molecule has 86 valence electrons. The lowest BCUT2D eigenvalue weighted by Gasteiger charge is -2.05. The second kappa shape index (κ2) is 4.52. The summed E-state index contributed by atoms with van der Waals surface area (Å²) in [4.78, 5) is 0.882. The number of nitrogens with zero attached hydrogens (tertiary/aromatic N) is 3. The van der Waals surface area contributed by atoms with Crippen molar-refractivity contribution in [3.8, 4) is 6.07 Å². The van der Waals surface area contributed by atoms with E-state index in [-0.39, 0.29) is 0 Å². The normalized spacial score (nSPS) is 10.2. The van der Waals surface area contributed by atoms with Gasteiger partial charge in [-0.1, -0.05) is 11.8 Å². The summed E-state index contributed by atoms with van der Waals surface area (Å²) < 4.78 is 1.80. The van der Waals surface area contributed by atoms with Gasteiger partial charge in [0.2, 0.25) is 0 Å². The number of hydrogen-bond donors (Lipinski definition) is 1. The highest BCUT2D eigenvalue weighted by atomic mass is 32.2. The first-order valence-electron chi connectivity index (χ1n) is 5.08. The Morgan fingerprint density at radius 3 is 2.76 bits per heavy atom. The van der Waals surface area contributed by atoms with Gasteiger partial charge in [0.1, 0.15) is 0 Å². The first-order chi connectivity index (χ1) is 8.10. The van der Waals surface area contributed by atoms with E-state index in [1.165, 1.54) is 11.8 Å². The van der Waals surface area contributed by atoms with Crippen LogP contribution in [0.5, 0.6) is 0 Å². The van der Waals surface area contributed by atoms with Gasteiger partial charge in [0.05, 0.1) is 22.4 Å². The molecule has 0 aliphatic carbocycles. The highest BCUT2D eigenvalue weighted by Gasteiger charge is 2.07. The fraction of sp³-hybridized carbons (Fsp3) is 0.167. The molecular weight excluding hydrogens is 232 g/mol. The van der Waals surface area contributed by atoms with E-state index in [1.54, 1.807) is 22.9 Å². The number of aromatic nitrogens is 2. The SMILES string of the molecule is Cc1cc(Sc2cc(C#N)ccc2N)n(C)n1. The highest BCUT2D eigenvalue weighted by Crippen LogP contribution is 2.32. The number of hydrogen-bond acceptors (Lipinski definition) is 4. The topological polar surface area (TPSA) is 67.6 Å². The van der Waals surface area contributed by atoms with Crippen molar-refractivity contribution in [3.63, 3.8) is 0 Å². The first-order valence-corrected chi connectivity index (χ1v) is 5.90. The number of nitriles is 1. The van der Waals surface area contributed by atoms with E-state index in [0.29, 0.717) is 11.3 Å². The maximum Gasteiger partial charge on any atom is 0.0992 e. The molecule has 1 aromatic heterocycles. The van der Waals surface area contributed by atoms with E-state index < -0.39 is 0 Å². The summed E-state index contributed by atoms with van der Waals surface area (Å²) in [5, 5.41) is 14.1. The fourth-order valence-electron chi connectivity index (χ4n) is 1.49. The largest absolute Gasteiger partial charge is 0.398 e. The maximum absolute atomic E-state index is 8.86. The second-order valence-corrected chi connectivity index (χ2v) is 4.78. The van der Waals surface area contributed by atoms with Crippen LogP contribution in [0.3, 0.4) is 0 Å². The summed E-state index contributed by atoms with van der Waals surface area (Å²) in [6.07, 6.45) is 0. The average molecular weight is 244 g/mol. The smallest absolute Gasteiger partial charge is 0.0992 e. The summed E-state index contributed by atoms with van der Waals surface area (Å²) in [6.45, 7) is 1.94. The molecule has 1 heterocycles. The third-order valence-electron chi connectivity index (χ3n) is 2.32. The van der Waals surface area contributed by atoms with Crippen LogP contribution >= 0.6 is 11.8 Å². The summed E-state index contributed by atoms with van der Waals surface area (Å²) in [5.74, 6) is 0. The minimum absolute atomic E-state index is 0.612. The zero-order valence-corrected chi connectivity index (χ0v) is 10.5. The molecule has 0 aliphatic heterocycles. The zero-order chi connectivity index (χ0) is 12.4. The first kappa shape index (κ1) is 11.6. The molecule has 0 radical (unpaired) electrons. The van der Waals surface area contributed by atoms with Crippen LogP contribution in [0.1, 0.15) is 11.3 Å². The van der Waals surface area contributed by atoms with Crippen molar-refractivity contribution in [2.45, 2.75) is 16.8 Å². The Morgan fingerprint density at radius 2 is 2.18 bits per heavy atom. The van der Waals surface area contributed by atoms with Gasteiger partial charge >= 0.3 is 0 Å². The summed E-state index contributed by atoms with van der Waals surface area (Å²) in [5.41, 5.74) is 8.14. The Bertz CT molecular complexity index is 595. The number of aryl methyl sites for hydroxylation is 2. The lowest BCUT2D eigenvalue weighted by molar-refractivity contribution is 0.692. The van der Waals surface area contributed by atoms with E-state index in [0.717, 1.165) is 15.6 Å². The van der Waals surface area contributed by atoms with Gasteiger partial charge in [-0.25, -0.2) is 0 Å². The predicted octanol–water partition coefficient (Wildman–Crippen LogP) is 2.33. The molecule has 0 spiro atoms. The monoisotopic (exact) mass is 244 g/mol. The number of benzene rings is 1. The van der Waals surface area contributed by atoms with Crippen LogP contribution in [0.15, 0.2) is 34.2 Å². The van der Waals surface area contributed by atoms with E-state index in [9.17, 15) is 0 Å². The van der Waals surface area contributed by atoms with Crippen molar-refractivity contribution < 1.29 is 0 Å². The van der Waals surface area contributed by atoms with Crippen LogP contribution in [0.25, 0.3) is 0 Å². The van der Waals surface area contributed by atoms with Gasteiger partial charge in [-0.2, -0.15) is 10.4 Å². The van der Waals surface area contributed by atoms with Crippen LogP contribution < -0.4 is 5.73 Å². The van der Waals surface area contributed by atoms with Crippen molar-refractivity contribution in [1.29, 1.82) is 5.26 Å². The molecule has 5 heteroatoms. The number of anilines is 1. The van der Waals surface area contributed by atoms with Crippen molar-refractivity contribution in [2.75, 3.05) is 5.73 Å². The molecule has 0 amide bonds. The molecule has 17 heavy (non-hydrogen) atoms. The minimum Gasteiger partial charge on any atom is -0.398 e. The number of nitrogen functional groups attached to an aromatic ring is 1. The van der Waals surface area contributed by atoms with Crippen LogP contribution in [0.4, 0.5) is 5.69 Å². The molecule has 2 rings (SSSR count). The molecule has 0 fully saturated rings. The minimum atomic E-state index is 0.612. The predicted molar refractivity (Wildman–Crippen MR) is 67.6 cm³/mol. The summed E-state index contributed by atoms with van der Waals surface area (Å²) in [7, 11) is 1.89. The molecular formula is C12H12N4S. The Kier molecular flexibility index (Phi) is 3.07. The third-order valence-corrected chi connectivity index (χ3v) is 3.48. The van der Waals surface area contributed by atoms with Gasteiger partial charge in [-0.3, -0.25) is 4.68 Å². The van der Waals surface area contributed by atoms with Crippen molar-refractivity contribution in [3.05, 3.63) is 35.5 Å². The van der Waals surface area contributed by atoms with Crippen molar-refractivity contribution >= 4 is 17.4 Å². The quantitative estimate of drug-likeness (QED) is 0.823. The zero-order valence-electron chi connectivity index (χ0n) is 9.64. The van der Waals surface area contributed by atoms with E-state index in [2.05, 4.69) is 11.2 Å².